The first-order chi connectivity index (χ1) is 5.11. The van der Waals surface area contributed by atoms with Crippen LogP contribution in [0, 0.1) is 11.3 Å². The SMILES string of the molecule is C=C(C#N)/C=C(\C)C(=O)OC. The molecule has 0 saturated carbocycles. The van der Waals surface area contributed by atoms with Crippen molar-refractivity contribution in [1.29, 1.82) is 5.26 Å². The number of ether oxygens (including phenoxy) is 1. The van der Waals surface area contributed by atoms with E-state index in [0.29, 0.717) is 5.57 Å². The summed E-state index contributed by atoms with van der Waals surface area (Å²) in [5.74, 6) is -0.443. The zero-order chi connectivity index (χ0) is 8.85. The molecule has 0 spiro atoms. The second-order valence-electron chi connectivity index (χ2n) is 1.96. The summed E-state index contributed by atoms with van der Waals surface area (Å²) < 4.78 is 4.40. The van der Waals surface area contributed by atoms with E-state index in [4.69, 9.17) is 5.26 Å². The van der Waals surface area contributed by atoms with E-state index >= 15 is 0 Å². The van der Waals surface area contributed by atoms with E-state index in [1.165, 1.54) is 13.2 Å². The maximum Gasteiger partial charge on any atom is 0.333 e. The Morgan fingerprint density at radius 3 is 2.64 bits per heavy atom. The number of nitrogens with zero attached hydrogens (tertiary/aromatic N) is 1. The Kier molecular flexibility index (Phi) is 3.68. The Morgan fingerprint density at radius 1 is 1.73 bits per heavy atom. The van der Waals surface area contributed by atoms with Gasteiger partial charge in [0.05, 0.1) is 13.2 Å². The van der Waals surface area contributed by atoms with Crippen LogP contribution in [0.25, 0.3) is 0 Å². The molecule has 0 aliphatic rings. The lowest BCUT2D eigenvalue weighted by Gasteiger charge is -1.95. The third-order valence-corrected chi connectivity index (χ3v) is 1.04. The molecule has 0 aliphatic carbocycles. The fourth-order valence-corrected chi connectivity index (χ4v) is 0.514. The van der Waals surface area contributed by atoms with E-state index in [1.54, 1.807) is 13.0 Å². The highest BCUT2D eigenvalue weighted by Gasteiger charge is 2.01. The van der Waals surface area contributed by atoms with Crippen LogP contribution in [0.1, 0.15) is 6.92 Å². The predicted molar refractivity (Wildman–Crippen MR) is 40.5 cm³/mol. The highest BCUT2D eigenvalue weighted by Crippen LogP contribution is 2.00. The third-order valence-electron chi connectivity index (χ3n) is 1.04. The molecule has 0 atom stereocenters. The van der Waals surface area contributed by atoms with Crippen LogP contribution in [-0.4, -0.2) is 13.1 Å². The zero-order valence-corrected chi connectivity index (χ0v) is 6.55. The van der Waals surface area contributed by atoms with Crippen LogP contribution >= 0.6 is 0 Å². The van der Waals surface area contributed by atoms with Gasteiger partial charge in [-0.3, -0.25) is 0 Å². The van der Waals surface area contributed by atoms with Crippen molar-refractivity contribution in [3.05, 3.63) is 23.8 Å². The summed E-state index contributed by atoms with van der Waals surface area (Å²) in [4.78, 5) is 10.7. The average molecular weight is 151 g/mol. The molecule has 58 valence electrons. The first-order valence-electron chi connectivity index (χ1n) is 2.97. The van der Waals surface area contributed by atoms with Crippen molar-refractivity contribution in [3.8, 4) is 6.07 Å². The standard InChI is InChI=1S/C8H9NO2/c1-6(5-9)4-7(2)8(10)11-3/h4H,1H2,2-3H3/b7-4+. The van der Waals surface area contributed by atoms with Gasteiger partial charge in [-0.15, -0.1) is 0 Å². The summed E-state index contributed by atoms with van der Waals surface area (Å²) in [7, 11) is 1.29. The number of hydrogen-bond donors (Lipinski definition) is 0. The van der Waals surface area contributed by atoms with Crippen molar-refractivity contribution in [2.24, 2.45) is 0 Å². The molecule has 0 radical (unpaired) electrons. The first kappa shape index (κ1) is 9.44. The molecular weight excluding hydrogens is 142 g/mol. The van der Waals surface area contributed by atoms with E-state index < -0.39 is 5.97 Å². The van der Waals surface area contributed by atoms with Crippen molar-refractivity contribution in [3.63, 3.8) is 0 Å². The lowest BCUT2D eigenvalue weighted by molar-refractivity contribution is -0.136. The number of carbonyl (C=O) groups excluding carboxylic acids is 1. The van der Waals surface area contributed by atoms with Gasteiger partial charge in [-0.2, -0.15) is 5.26 Å². The van der Waals surface area contributed by atoms with Gasteiger partial charge in [0.1, 0.15) is 0 Å². The van der Waals surface area contributed by atoms with Gasteiger partial charge in [0.15, 0.2) is 0 Å². The van der Waals surface area contributed by atoms with Crippen molar-refractivity contribution < 1.29 is 9.53 Å². The van der Waals surface area contributed by atoms with E-state index in [-0.39, 0.29) is 5.57 Å². The number of esters is 1. The normalized spacial score (nSPS) is 10.1. The molecule has 3 nitrogen and oxygen atoms in total. The minimum absolute atomic E-state index is 0.243. The average Bonchev–Trinajstić information content (AvgIpc) is 2.02. The molecule has 11 heavy (non-hydrogen) atoms. The zero-order valence-electron chi connectivity index (χ0n) is 6.55. The number of carbonyl (C=O) groups is 1. The van der Waals surface area contributed by atoms with Gasteiger partial charge >= 0.3 is 5.97 Å². The molecular formula is C8H9NO2. The van der Waals surface area contributed by atoms with Crippen LogP contribution in [-0.2, 0) is 9.53 Å². The smallest absolute Gasteiger partial charge is 0.333 e. The minimum atomic E-state index is -0.443. The molecule has 0 aliphatic heterocycles. The molecule has 0 rings (SSSR count). The van der Waals surface area contributed by atoms with E-state index in [0.717, 1.165) is 0 Å². The topological polar surface area (TPSA) is 50.1 Å². The van der Waals surface area contributed by atoms with E-state index in [1.807, 2.05) is 0 Å². The van der Waals surface area contributed by atoms with Crippen molar-refractivity contribution in [2.45, 2.75) is 6.92 Å². The highest BCUT2D eigenvalue weighted by molar-refractivity contribution is 5.88. The summed E-state index contributed by atoms with van der Waals surface area (Å²) in [6.07, 6.45) is 1.38. The fraction of sp³-hybridized carbons (Fsp3) is 0.250. The molecule has 0 unspecified atom stereocenters. The third kappa shape index (κ3) is 3.21. The Hall–Kier alpha value is -1.56. The van der Waals surface area contributed by atoms with Gasteiger partial charge in [-0.25, -0.2) is 4.79 Å². The largest absolute Gasteiger partial charge is 0.466 e. The number of methoxy groups -OCH3 is 1. The second kappa shape index (κ2) is 4.29. The van der Waals surface area contributed by atoms with Gasteiger partial charge in [0.25, 0.3) is 0 Å². The lowest BCUT2D eigenvalue weighted by Crippen LogP contribution is -2.01. The van der Waals surface area contributed by atoms with Crippen molar-refractivity contribution in [1.82, 2.24) is 0 Å². The molecule has 0 bridgehead atoms. The van der Waals surface area contributed by atoms with Gasteiger partial charge in [-0.05, 0) is 13.0 Å². The summed E-state index contributed by atoms with van der Waals surface area (Å²) in [6.45, 7) is 4.95. The molecule has 0 saturated heterocycles. The van der Waals surface area contributed by atoms with Crippen LogP contribution in [0.15, 0.2) is 23.8 Å². The highest BCUT2D eigenvalue weighted by atomic mass is 16.5. The maximum absolute atomic E-state index is 10.7. The van der Waals surface area contributed by atoms with Gasteiger partial charge < -0.3 is 4.74 Å². The number of allylic oxidation sites excluding steroid dienone is 2. The quantitative estimate of drug-likeness (QED) is 0.258. The van der Waals surface area contributed by atoms with Crippen molar-refractivity contribution >= 4 is 5.97 Å². The Bertz CT molecular complexity index is 245. The second-order valence-corrected chi connectivity index (χ2v) is 1.96. The monoisotopic (exact) mass is 151 g/mol. The summed E-state index contributed by atoms with van der Waals surface area (Å²) in [5.41, 5.74) is 0.618. The summed E-state index contributed by atoms with van der Waals surface area (Å²) >= 11 is 0. The van der Waals surface area contributed by atoms with Crippen LogP contribution in [0.5, 0.6) is 0 Å². The van der Waals surface area contributed by atoms with Crippen LogP contribution in [0.4, 0.5) is 0 Å². The van der Waals surface area contributed by atoms with E-state index in [9.17, 15) is 4.79 Å². The molecule has 0 aromatic rings. The molecule has 0 N–H and O–H groups in total. The number of nitriles is 1. The molecule has 3 heteroatoms. The minimum Gasteiger partial charge on any atom is -0.466 e. The van der Waals surface area contributed by atoms with Crippen LogP contribution in [0.2, 0.25) is 0 Å². The van der Waals surface area contributed by atoms with Crippen LogP contribution in [0.3, 0.4) is 0 Å². The molecule has 0 amide bonds. The van der Waals surface area contributed by atoms with Gasteiger partial charge in [0.2, 0.25) is 0 Å². The molecule has 0 fully saturated rings. The molecule has 0 aromatic carbocycles. The maximum atomic E-state index is 10.7. The molecule has 0 aromatic heterocycles. The Balaban J connectivity index is 4.37. The van der Waals surface area contributed by atoms with Gasteiger partial charge in [-0.1, -0.05) is 6.58 Å². The number of hydrogen-bond acceptors (Lipinski definition) is 3. The summed E-state index contributed by atoms with van der Waals surface area (Å²) in [5, 5.41) is 8.29. The van der Waals surface area contributed by atoms with Crippen molar-refractivity contribution in [2.75, 3.05) is 7.11 Å². The first-order valence-corrected chi connectivity index (χ1v) is 2.97. The Labute approximate surface area is 65.6 Å². The summed E-state index contributed by atoms with van der Waals surface area (Å²) in [6, 6.07) is 1.80. The molecule has 0 heterocycles. The van der Waals surface area contributed by atoms with Gasteiger partial charge in [0, 0.05) is 11.1 Å². The Morgan fingerprint density at radius 2 is 2.27 bits per heavy atom. The predicted octanol–water partition coefficient (Wildman–Crippen LogP) is 1.19. The fourth-order valence-electron chi connectivity index (χ4n) is 0.514. The lowest BCUT2D eigenvalue weighted by atomic mass is 10.2. The van der Waals surface area contributed by atoms with Crippen LogP contribution < -0.4 is 0 Å². The van der Waals surface area contributed by atoms with E-state index in [2.05, 4.69) is 11.3 Å². The number of rotatable bonds is 2.